The number of aromatic hydroxyl groups is 1. The van der Waals surface area contributed by atoms with Crippen LogP contribution in [0.3, 0.4) is 0 Å². The largest absolute Gasteiger partial charge is 0.508 e. The number of aliphatic hydroxyl groups is 3. The quantitative estimate of drug-likeness (QED) is 0.525. The van der Waals surface area contributed by atoms with Crippen molar-refractivity contribution in [2.45, 2.75) is 37.3 Å². The molecular weight excluding hydrogens is 390 g/mol. The van der Waals surface area contributed by atoms with E-state index in [1.165, 1.54) is 6.07 Å². The third-order valence-corrected chi connectivity index (χ3v) is 6.39. The zero-order valence-corrected chi connectivity index (χ0v) is 16.3. The van der Waals surface area contributed by atoms with Crippen molar-refractivity contribution >= 4 is 21.4 Å². The lowest BCUT2D eigenvalue weighted by Crippen LogP contribution is -2.44. The second-order valence-electron chi connectivity index (χ2n) is 7.26. The van der Waals surface area contributed by atoms with E-state index in [0.29, 0.717) is 23.1 Å². The standard InChI is InChI=1S/C22H21NO5S/c23-10-14-8-18(25)17(22-21(27)19(26)9-15(11-24)28-22)7-13(14)6-16-5-12-3-1-2-4-20(12)29-16/h1-5,7-8,15,19,21-22,24-27H,6,9,11H2/t15-,19-,21+,22-/m0/s1. The third-order valence-electron chi connectivity index (χ3n) is 5.27. The van der Waals surface area contributed by atoms with Gasteiger partial charge in [-0.2, -0.15) is 5.26 Å². The molecule has 7 heteroatoms. The first kappa shape index (κ1) is 19.8. The summed E-state index contributed by atoms with van der Waals surface area (Å²) >= 11 is 1.64. The molecule has 0 aliphatic carbocycles. The van der Waals surface area contributed by atoms with Gasteiger partial charge in [0, 0.05) is 28.0 Å². The van der Waals surface area contributed by atoms with E-state index < -0.39 is 24.4 Å². The molecule has 0 spiro atoms. The zero-order valence-electron chi connectivity index (χ0n) is 15.5. The number of hydrogen-bond acceptors (Lipinski definition) is 7. The summed E-state index contributed by atoms with van der Waals surface area (Å²) in [5.74, 6) is -0.184. The normalized spacial score (nSPS) is 24.5. The average Bonchev–Trinajstić information content (AvgIpc) is 3.13. The summed E-state index contributed by atoms with van der Waals surface area (Å²) in [5, 5.41) is 51.0. The maximum absolute atomic E-state index is 10.5. The van der Waals surface area contributed by atoms with Crippen LogP contribution in [-0.4, -0.2) is 45.3 Å². The van der Waals surface area contributed by atoms with Gasteiger partial charge in [-0.1, -0.05) is 18.2 Å². The van der Waals surface area contributed by atoms with E-state index in [2.05, 4.69) is 12.1 Å². The molecule has 1 aromatic heterocycles. The van der Waals surface area contributed by atoms with Crippen LogP contribution >= 0.6 is 11.3 Å². The number of nitriles is 1. The Morgan fingerprint density at radius 3 is 2.69 bits per heavy atom. The summed E-state index contributed by atoms with van der Waals surface area (Å²) in [4.78, 5) is 1.07. The minimum atomic E-state index is -1.24. The molecule has 4 atom stereocenters. The topological polar surface area (TPSA) is 114 Å². The van der Waals surface area contributed by atoms with E-state index in [-0.39, 0.29) is 18.8 Å². The first-order chi connectivity index (χ1) is 14.0. The highest BCUT2D eigenvalue weighted by atomic mass is 32.1. The maximum atomic E-state index is 10.5. The van der Waals surface area contributed by atoms with Gasteiger partial charge in [-0.05, 0) is 35.2 Å². The molecule has 1 saturated heterocycles. The average molecular weight is 411 g/mol. The SMILES string of the molecule is N#Cc1cc(O)c([C@@H]2O[C@H](CO)C[C@H](O)[C@H]2O)cc1Cc1cc2ccccc2s1. The van der Waals surface area contributed by atoms with Gasteiger partial charge in [0.2, 0.25) is 0 Å². The minimum Gasteiger partial charge on any atom is -0.508 e. The van der Waals surface area contributed by atoms with Crippen LogP contribution in [0.1, 0.15) is 34.1 Å². The molecule has 2 aromatic carbocycles. The van der Waals surface area contributed by atoms with Crippen molar-refractivity contribution in [2.24, 2.45) is 0 Å². The van der Waals surface area contributed by atoms with Crippen LogP contribution in [0.5, 0.6) is 5.75 Å². The lowest BCUT2D eigenvalue weighted by atomic mass is 9.90. The number of aliphatic hydroxyl groups excluding tert-OH is 3. The molecule has 4 N–H and O–H groups in total. The second-order valence-corrected chi connectivity index (χ2v) is 8.43. The number of fused-ring (bicyclic) bond motifs is 1. The second kappa shape index (κ2) is 8.11. The summed E-state index contributed by atoms with van der Waals surface area (Å²) in [7, 11) is 0. The fourth-order valence-corrected chi connectivity index (χ4v) is 4.86. The molecule has 150 valence electrons. The van der Waals surface area contributed by atoms with E-state index in [4.69, 9.17) is 4.74 Å². The number of hydrogen-bond donors (Lipinski definition) is 4. The molecule has 3 aromatic rings. The Kier molecular flexibility index (Phi) is 5.54. The Morgan fingerprint density at radius 1 is 1.17 bits per heavy atom. The van der Waals surface area contributed by atoms with E-state index in [1.807, 2.05) is 24.3 Å². The van der Waals surface area contributed by atoms with Crippen molar-refractivity contribution in [2.75, 3.05) is 6.61 Å². The van der Waals surface area contributed by atoms with Crippen LogP contribution in [-0.2, 0) is 11.2 Å². The predicted molar refractivity (Wildman–Crippen MR) is 109 cm³/mol. The molecule has 1 aliphatic heterocycles. The number of ether oxygens (including phenoxy) is 1. The molecule has 0 saturated carbocycles. The lowest BCUT2D eigenvalue weighted by Gasteiger charge is -2.37. The highest BCUT2D eigenvalue weighted by Gasteiger charge is 2.38. The van der Waals surface area contributed by atoms with Crippen LogP contribution < -0.4 is 0 Å². The highest BCUT2D eigenvalue weighted by Crippen LogP contribution is 2.38. The number of nitrogens with zero attached hydrogens (tertiary/aromatic N) is 1. The number of rotatable bonds is 4. The first-order valence-corrected chi connectivity index (χ1v) is 10.2. The Bertz CT molecular complexity index is 1040. The van der Waals surface area contributed by atoms with Crippen LogP contribution in [0.25, 0.3) is 10.1 Å². The Balaban J connectivity index is 1.72. The predicted octanol–water partition coefficient (Wildman–Crippen LogP) is 2.61. The monoisotopic (exact) mass is 411 g/mol. The van der Waals surface area contributed by atoms with Crippen molar-refractivity contribution in [3.63, 3.8) is 0 Å². The van der Waals surface area contributed by atoms with Gasteiger partial charge in [0.05, 0.1) is 30.4 Å². The van der Waals surface area contributed by atoms with Gasteiger partial charge in [0.25, 0.3) is 0 Å². The third kappa shape index (κ3) is 3.86. The van der Waals surface area contributed by atoms with Gasteiger partial charge in [-0.15, -0.1) is 11.3 Å². The van der Waals surface area contributed by atoms with Crippen LogP contribution in [0.2, 0.25) is 0 Å². The molecular formula is C22H21NO5S. The van der Waals surface area contributed by atoms with Crippen molar-refractivity contribution in [3.05, 3.63) is 64.0 Å². The molecule has 4 rings (SSSR count). The Labute approximate surface area is 171 Å². The van der Waals surface area contributed by atoms with Gasteiger partial charge in [-0.3, -0.25) is 0 Å². The fourth-order valence-electron chi connectivity index (χ4n) is 3.77. The molecule has 29 heavy (non-hydrogen) atoms. The molecule has 2 heterocycles. The summed E-state index contributed by atoms with van der Waals surface area (Å²) in [6.45, 7) is -0.300. The number of thiophene rings is 1. The number of phenols is 1. The van der Waals surface area contributed by atoms with Crippen LogP contribution in [0, 0.1) is 11.3 Å². The smallest absolute Gasteiger partial charge is 0.122 e. The van der Waals surface area contributed by atoms with Gasteiger partial charge in [0.15, 0.2) is 0 Å². The van der Waals surface area contributed by atoms with Gasteiger partial charge in [-0.25, -0.2) is 0 Å². The maximum Gasteiger partial charge on any atom is 0.122 e. The molecule has 0 unspecified atom stereocenters. The van der Waals surface area contributed by atoms with Crippen molar-refractivity contribution in [1.29, 1.82) is 5.26 Å². The van der Waals surface area contributed by atoms with Crippen molar-refractivity contribution in [3.8, 4) is 11.8 Å². The Hall–Kier alpha value is -2.47. The van der Waals surface area contributed by atoms with Crippen LogP contribution in [0.15, 0.2) is 42.5 Å². The van der Waals surface area contributed by atoms with Gasteiger partial charge >= 0.3 is 0 Å². The molecule has 1 fully saturated rings. The van der Waals surface area contributed by atoms with Gasteiger partial charge < -0.3 is 25.2 Å². The van der Waals surface area contributed by atoms with E-state index in [0.717, 1.165) is 15.0 Å². The molecule has 0 bridgehead atoms. The number of benzene rings is 2. The molecule has 0 amide bonds. The van der Waals surface area contributed by atoms with Crippen LogP contribution in [0.4, 0.5) is 0 Å². The molecule has 0 radical (unpaired) electrons. The fraction of sp³-hybridized carbons (Fsp3) is 0.318. The van der Waals surface area contributed by atoms with E-state index in [9.17, 15) is 25.7 Å². The minimum absolute atomic E-state index is 0.111. The summed E-state index contributed by atoms with van der Waals surface area (Å²) < 4.78 is 6.86. The van der Waals surface area contributed by atoms with Crippen molar-refractivity contribution < 1.29 is 25.2 Å². The zero-order chi connectivity index (χ0) is 20.5. The van der Waals surface area contributed by atoms with E-state index >= 15 is 0 Å². The lowest BCUT2D eigenvalue weighted by molar-refractivity contribution is -0.180. The molecule has 1 aliphatic rings. The summed E-state index contributed by atoms with van der Waals surface area (Å²) in [6, 6.07) is 15.2. The highest BCUT2D eigenvalue weighted by molar-refractivity contribution is 7.19. The Morgan fingerprint density at radius 2 is 1.97 bits per heavy atom. The number of phenolic OH excluding ortho intramolecular Hbond substituents is 1. The van der Waals surface area contributed by atoms with E-state index in [1.54, 1.807) is 17.4 Å². The first-order valence-electron chi connectivity index (χ1n) is 9.36. The summed E-state index contributed by atoms with van der Waals surface area (Å²) in [6.07, 6.45) is -3.35. The van der Waals surface area contributed by atoms with Crippen molar-refractivity contribution in [1.82, 2.24) is 0 Å². The van der Waals surface area contributed by atoms with Gasteiger partial charge in [0.1, 0.15) is 18.0 Å². The molecule has 6 nitrogen and oxygen atoms in total. The summed E-state index contributed by atoms with van der Waals surface area (Å²) in [5.41, 5.74) is 1.33.